The second-order valence-electron chi connectivity index (χ2n) is 11.7. The van der Waals surface area contributed by atoms with Crippen LogP contribution in [0, 0.1) is 11.6 Å². The number of alkyl halides is 2. The normalized spacial score (nSPS) is 17.5. The van der Waals surface area contributed by atoms with E-state index in [-0.39, 0.29) is 48.8 Å². The highest BCUT2D eigenvalue weighted by Gasteiger charge is 2.56. The maximum atomic E-state index is 15.6. The third-order valence-corrected chi connectivity index (χ3v) is 8.48. The van der Waals surface area contributed by atoms with Crippen molar-refractivity contribution in [3.63, 3.8) is 0 Å². The number of amides is 1. The Bertz CT molecular complexity index is 1830. The molecule has 0 unspecified atom stereocenters. The number of anilines is 2. The van der Waals surface area contributed by atoms with Crippen LogP contribution in [-0.4, -0.2) is 68.3 Å². The molecule has 5 heterocycles. The molecular formula is C30H28F4N8O3. The molecule has 1 aromatic carbocycles. The lowest BCUT2D eigenvalue weighted by molar-refractivity contribution is -0.141. The number of imidazole rings is 1. The molecule has 4 aromatic rings. The van der Waals surface area contributed by atoms with Crippen LogP contribution >= 0.6 is 0 Å². The average molecular weight is 625 g/mol. The first-order valence-electron chi connectivity index (χ1n) is 14.2. The summed E-state index contributed by atoms with van der Waals surface area (Å²) in [4.78, 5) is 38.8. The molecule has 1 amide bonds. The van der Waals surface area contributed by atoms with E-state index < -0.39 is 34.4 Å². The van der Waals surface area contributed by atoms with Gasteiger partial charge < -0.3 is 23.8 Å². The van der Waals surface area contributed by atoms with Crippen LogP contribution in [0.25, 0.3) is 22.8 Å². The second kappa shape index (κ2) is 10.2. The van der Waals surface area contributed by atoms with Crippen molar-refractivity contribution in [3.8, 4) is 28.7 Å². The summed E-state index contributed by atoms with van der Waals surface area (Å²) in [5.74, 6) is -4.69. The summed E-state index contributed by atoms with van der Waals surface area (Å²) in [6, 6.07) is 2.21. The molecule has 3 aromatic heterocycles. The summed E-state index contributed by atoms with van der Waals surface area (Å²) in [6.45, 7) is 0.596. The van der Waals surface area contributed by atoms with Crippen molar-refractivity contribution in [1.82, 2.24) is 29.5 Å². The van der Waals surface area contributed by atoms with E-state index in [9.17, 15) is 13.6 Å². The molecule has 0 N–H and O–H groups in total. The van der Waals surface area contributed by atoms with Gasteiger partial charge in [-0.15, -0.1) is 0 Å². The van der Waals surface area contributed by atoms with Crippen molar-refractivity contribution in [2.45, 2.75) is 43.7 Å². The Labute approximate surface area is 254 Å². The van der Waals surface area contributed by atoms with Crippen LogP contribution < -0.4 is 14.5 Å². The largest absolute Gasteiger partial charge is 0.480 e. The third-order valence-electron chi connectivity index (χ3n) is 8.48. The Morgan fingerprint density at radius 3 is 2.36 bits per heavy atom. The van der Waals surface area contributed by atoms with Gasteiger partial charge in [0, 0.05) is 39.7 Å². The van der Waals surface area contributed by atoms with Crippen LogP contribution in [0.5, 0.6) is 5.88 Å². The fourth-order valence-corrected chi connectivity index (χ4v) is 5.90. The molecule has 2 fully saturated rings. The Hall–Kier alpha value is -4.66. The number of hydrogen-bond acceptors (Lipinski definition) is 9. The molecule has 1 spiro atoms. The van der Waals surface area contributed by atoms with E-state index in [2.05, 4.69) is 19.9 Å². The van der Waals surface area contributed by atoms with E-state index in [1.165, 1.54) is 31.6 Å². The van der Waals surface area contributed by atoms with E-state index in [4.69, 9.17) is 14.5 Å². The average Bonchev–Trinajstić information content (AvgIpc) is 3.75. The Morgan fingerprint density at radius 2 is 1.78 bits per heavy atom. The molecule has 2 aliphatic heterocycles. The highest BCUT2D eigenvalue weighted by Crippen LogP contribution is 2.47. The second-order valence-corrected chi connectivity index (χ2v) is 11.7. The molecule has 0 radical (unpaired) electrons. The number of hydrogen-bond donors (Lipinski definition) is 0. The first kappa shape index (κ1) is 29.1. The van der Waals surface area contributed by atoms with E-state index in [0.717, 1.165) is 41.4 Å². The van der Waals surface area contributed by atoms with Gasteiger partial charge in [0.2, 0.25) is 5.88 Å². The van der Waals surface area contributed by atoms with Gasteiger partial charge in [-0.3, -0.25) is 4.79 Å². The summed E-state index contributed by atoms with van der Waals surface area (Å²) in [5.41, 5.74) is -0.464. The Morgan fingerprint density at radius 1 is 1.07 bits per heavy atom. The number of ether oxygens (including phenoxy) is 2. The summed E-state index contributed by atoms with van der Waals surface area (Å²) < 4.78 is 71.2. The number of fused-ring (bicyclic) bond motifs is 1. The van der Waals surface area contributed by atoms with Gasteiger partial charge in [-0.1, -0.05) is 0 Å². The van der Waals surface area contributed by atoms with Gasteiger partial charge in [-0.2, -0.15) is 8.78 Å². The number of rotatable bonds is 7. The van der Waals surface area contributed by atoms with Gasteiger partial charge >= 0.3 is 0 Å². The van der Waals surface area contributed by atoms with Gasteiger partial charge in [0.15, 0.2) is 17.2 Å². The van der Waals surface area contributed by atoms with Crippen molar-refractivity contribution in [2.24, 2.45) is 7.05 Å². The van der Waals surface area contributed by atoms with E-state index in [0.29, 0.717) is 29.9 Å². The summed E-state index contributed by atoms with van der Waals surface area (Å²) in [7, 11) is 4.49. The quantitative estimate of drug-likeness (QED) is 0.277. The van der Waals surface area contributed by atoms with Gasteiger partial charge in [-0.25, -0.2) is 33.7 Å². The molecule has 0 bridgehead atoms. The maximum absolute atomic E-state index is 15.6. The summed E-state index contributed by atoms with van der Waals surface area (Å²) >= 11 is 0. The fraction of sp³-hybridized carbons (Fsp3) is 0.400. The first-order valence-corrected chi connectivity index (χ1v) is 14.2. The molecule has 15 heteroatoms. The molecule has 11 nitrogen and oxygen atoms in total. The van der Waals surface area contributed by atoms with Crippen LogP contribution in [0.3, 0.4) is 0 Å². The minimum Gasteiger partial charge on any atom is -0.480 e. The van der Waals surface area contributed by atoms with Crippen LogP contribution in [0.4, 0.5) is 29.1 Å². The zero-order valence-electron chi connectivity index (χ0n) is 24.8. The predicted octanol–water partition coefficient (Wildman–Crippen LogP) is 4.36. The van der Waals surface area contributed by atoms with Gasteiger partial charge in [-0.05, 0) is 30.5 Å². The molecule has 1 saturated carbocycles. The van der Waals surface area contributed by atoms with Crippen molar-refractivity contribution < 1.29 is 31.8 Å². The number of nitrogens with zero attached hydrogens (tertiary/aromatic N) is 8. The van der Waals surface area contributed by atoms with Crippen LogP contribution in [0.15, 0.2) is 30.9 Å². The third kappa shape index (κ3) is 4.59. The minimum absolute atomic E-state index is 0.0321. The highest BCUT2D eigenvalue weighted by atomic mass is 19.3. The van der Waals surface area contributed by atoms with Crippen LogP contribution in [0.2, 0.25) is 0 Å². The van der Waals surface area contributed by atoms with E-state index in [1.54, 1.807) is 11.9 Å². The molecule has 45 heavy (non-hydrogen) atoms. The van der Waals surface area contributed by atoms with E-state index in [1.807, 2.05) is 0 Å². The summed E-state index contributed by atoms with van der Waals surface area (Å²) in [6.07, 6.45) is 5.89. The number of aromatic nitrogens is 6. The van der Waals surface area contributed by atoms with Gasteiger partial charge in [0.05, 0.1) is 37.8 Å². The number of methoxy groups -OCH3 is 1. The topological polar surface area (TPSA) is 111 Å². The molecule has 7 rings (SSSR count). The maximum Gasteiger partial charge on any atom is 0.288 e. The molecule has 1 aliphatic carbocycles. The molecule has 3 aliphatic rings. The summed E-state index contributed by atoms with van der Waals surface area (Å²) in [5, 5.41) is 0. The van der Waals surface area contributed by atoms with Crippen LogP contribution in [-0.2, 0) is 29.0 Å². The zero-order chi connectivity index (χ0) is 31.8. The SMILES string of the molecule is COc1ncnc(C2CC2)c1-c1ncc2c(n1)N(Cc1cc(F)c(-c3nc(C(C)(F)F)cn3C)c(F)c1)C1(COC1)C(=O)N2C. The lowest BCUT2D eigenvalue weighted by atomic mass is 9.89. The standard InChI is InChI=1S/C30H28F4N8O3/c1-29(33,34)20-11-40(2)26(38-20)21-17(31)7-15(8-18(21)32)10-42-25-19(41(3)28(43)30(42)12-45-13-30)9-35-24(39-25)22-23(16-5-6-16)36-14-37-27(22)44-4/h7-9,11,14,16H,5-6,10,12-13H2,1-4H3. The van der Waals surface area contributed by atoms with Crippen molar-refractivity contribution in [2.75, 3.05) is 37.2 Å². The highest BCUT2D eigenvalue weighted by molar-refractivity contribution is 6.08. The predicted molar refractivity (Wildman–Crippen MR) is 153 cm³/mol. The molecule has 234 valence electrons. The molecular weight excluding hydrogens is 596 g/mol. The lowest BCUT2D eigenvalue weighted by Gasteiger charge is -2.53. The lowest BCUT2D eigenvalue weighted by Crippen LogP contribution is -2.72. The first-order chi connectivity index (χ1) is 21.4. The van der Waals surface area contributed by atoms with Crippen molar-refractivity contribution in [1.29, 1.82) is 0 Å². The Balaban J connectivity index is 1.32. The number of aryl methyl sites for hydroxylation is 1. The van der Waals surface area contributed by atoms with Gasteiger partial charge in [0.1, 0.15) is 40.7 Å². The van der Waals surface area contributed by atoms with Crippen molar-refractivity contribution >= 4 is 17.4 Å². The van der Waals surface area contributed by atoms with Crippen molar-refractivity contribution in [3.05, 3.63) is 59.4 Å². The number of carbonyl (C=O) groups excluding carboxylic acids is 1. The molecule has 0 atom stereocenters. The number of benzene rings is 1. The number of carbonyl (C=O) groups is 1. The number of halogens is 4. The fourth-order valence-electron chi connectivity index (χ4n) is 5.90. The monoisotopic (exact) mass is 624 g/mol. The van der Waals surface area contributed by atoms with E-state index >= 15 is 8.78 Å². The zero-order valence-corrected chi connectivity index (χ0v) is 24.8. The van der Waals surface area contributed by atoms with Crippen LogP contribution in [0.1, 0.15) is 42.6 Å². The molecule has 1 saturated heterocycles. The number of likely N-dealkylation sites (N-methyl/N-ethyl adjacent to an activating group) is 1. The minimum atomic E-state index is -3.29. The smallest absolute Gasteiger partial charge is 0.288 e. The van der Waals surface area contributed by atoms with Gasteiger partial charge in [0.25, 0.3) is 11.8 Å². The Kier molecular flexibility index (Phi) is 6.58.